The van der Waals surface area contributed by atoms with Crippen molar-refractivity contribution in [2.75, 3.05) is 13.2 Å². The first kappa shape index (κ1) is 14.5. The first-order valence-electron chi connectivity index (χ1n) is 6.85. The molecule has 1 aromatic rings. The smallest absolute Gasteiger partial charge is 0.223 e. The Balaban J connectivity index is 2.02. The lowest BCUT2D eigenvalue weighted by molar-refractivity contribution is -0.128. The van der Waals surface area contributed by atoms with Crippen LogP contribution in [0.1, 0.15) is 37.8 Å². The fourth-order valence-electron chi connectivity index (χ4n) is 2.41. The molecule has 0 saturated carbocycles. The molecule has 1 atom stereocenters. The first-order valence-corrected chi connectivity index (χ1v) is 7.64. The normalized spacial score (nSPS) is 18.0. The second kappa shape index (κ2) is 7.06. The lowest BCUT2D eigenvalue weighted by Crippen LogP contribution is -2.36. The molecule has 0 unspecified atom stereocenters. The molecule has 0 aliphatic carbocycles. The van der Waals surface area contributed by atoms with Gasteiger partial charge in [-0.25, -0.2) is 0 Å². The molecule has 0 bridgehead atoms. The number of carbonyl (C=O) groups is 1. The second-order valence-electron chi connectivity index (χ2n) is 4.88. The van der Waals surface area contributed by atoms with Crippen LogP contribution in [0.4, 0.5) is 0 Å². The van der Waals surface area contributed by atoms with Crippen LogP contribution in [0.3, 0.4) is 0 Å². The number of benzene rings is 1. The Hall–Kier alpha value is -0.870. The minimum absolute atomic E-state index is 0.0749. The lowest BCUT2D eigenvalue weighted by Gasteiger charge is -2.25. The van der Waals surface area contributed by atoms with Crippen LogP contribution in [0.25, 0.3) is 0 Å². The molecule has 2 rings (SSSR count). The molecule has 3 nitrogen and oxygen atoms in total. The van der Waals surface area contributed by atoms with E-state index in [1.54, 1.807) is 0 Å². The number of halogens is 1. The topological polar surface area (TPSA) is 38.3 Å². The molecule has 1 saturated heterocycles. The molecule has 1 N–H and O–H groups in total. The van der Waals surface area contributed by atoms with Crippen LogP contribution in [-0.4, -0.2) is 19.1 Å². The van der Waals surface area contributed by atoms with Gasteiger partial charge in [0.1, 0.15) is 0 Å². The molecular formula is C15H20BrNO2. The van der Waals surface area contributed by atoms with E-state index < -0.39 is 0 Å². The highest BCUT2D eigenvalue weighted by molar-refractivity contribution is 9.10. The van der Waals surface area contributed by atoms with Gasteiger partial charge in [0, 0.05) is 23.6 Å². The molecule has 1 aromatic carbocycles. The van der Waals surface area contributed by atoms with Gasteiger partial charge in [0.05, 0.1) is 6.04 Å². The Labute approximate surface area is 122 Å². The Morgan fingerprint density at radius 3 is 2.74 bits per heavy atom. The van der Waals surface area contributed by atoms with Crippen LogP contribution >= 0.6 is 15.9 Å². The van der Waals surface area contributed by atoms with Gasteiger partial charge in [-0.15, -0.1) is 0 Å². The van der Waals surface area contributed by atoms with Crippen molar-refractivity contribution >= 4 is 21.8 Å². The number of amides is 1. The predicted molar refractivity (Wildman–Crippen MR) is 78.9 cm³/mol. The van der Waals surface area contributed by atoms with Gasteiger partial charge >= 0.3 is 0 Å². The first-order chi connectivity index (χ1) is 9.22. The van der Waals surface area contributed by atoms with Crippen molar-refractivity contribution in [2.24, 2.45) is 5.92 Å². The zero-order valence-corrected chi connectivity index (χ0v) is 12.8. The van der Waals surface area contributed by atoms with E-state index in [0.717, 1.165) is 29.3 Å². The zero-order chi connectivity index (χ0) is 13.7. The predicted octanol–water partition coefficient (Wildman–Crippen LogP) is 3.44. The summed E-state index contributed by atoms with van der Waals surface area (Å²) in [4.78, 5) is 12.3. The van der Waals surface area contributed by atoms with E-state index >= 15 is 0 Å². The summed E-state index contributed by atoms with van der Waals surface area (Å²) in [5.74, 6) is 0.260. The Morgan fingerprint density at radius 1 is 1.42 bits per heavy atom. The minimum atomic E-state index is 0.0749. The monoisotopic (exact) mass is 325 g/mol. The fourth-order valence-corrected chi connectivity index (χ4v) is 2.97. The van der Waals surface area contributed by atoms with Crippen molar-refractivity contribution in [3.8, 4) is 0 Å². The third-order valence-corrected chi connectivity index (χ3v) is 4.32. The van der Waals surface area contributed by atoms with Crippen molar-refractivity contribution < 1.29 is 9.53 Å². The molecule has 0 radical (unpaired) electrons. The van der Waals surface area contributed by atoms with Gasteiger partial charge < -0.3 is 10.1 Å². The zero-order valence-electron chi connectivity index (χ0n) is 11.2. The standard InChI is InChI=1S/C15H20BrNO2/c1-2-14(12-5-3-4-6-13(12)16)17-15(18)11-7-9-19-10-8-11/h3-6,11,14H,2,7-10H2,1H3,(H,17,18)/t14-/m1/s1. The largest absolute Gasteiger partial charge is 0.381 e. The Kier molecular flexibility index (Phi) is 5.40. The minimum Gasteiger partial charge on any atom is -0.381 e. The molecular weight excluding hydrogens is 306 g/mol. The summed E-state index contributed by atoms with van der Waals surface area (Å²) < 4.78 is 6.35. The van der Waals surface area contributed by atoms with Gasteiger partial charge in [-0.05, 0) is 30.9 Å². The van der Waals surface area contributed by atoms with E-state index in [9.17, 15) is 4.79 Å². The van der Waals surface area contributed by atoms with Gasteiger partial charge in [-0.1, -0.05) is 41.1 Å². The molecule has 1 amide bonds. The molecule has 104 valence electrons. The summed E-state index contributed by atoms with van der Waals surface area (Å²) in [5, 5.41) is 3.17. The van der Waals surface area contributed by atoms with Gasteiger partial charge in [0.15, 0.2) is 0 Å². The van der Waals surface area contributed by atoms with Crippen LogP contribution in [0.5, 0.6) is 0 Å². The van der Waals surface area contributed by atoms with E-state index in [-0.39, 0.29) is 17.9 Å². The van der Waals surface area contributed by atoms with Gasteiger partial charge in [-0.2, -0.15) is 0 Å². The van der Waals surface area contributed by atoms with Gasteiger partial charge in [0.2, 0.25) is 5.91 Å². The fraction of sp³-hybridized carbons (Fsp3) is 0.533. The summed E-state index contributed by atoms with van der Waals surface area (Å²) >= 11 is 3.55. The number of hydrogen-bond acceptors (Lipinski definition) is 2. The van der Waals surface area contributed by atoms with Crippen molar-refractivity contribution in [1.82, 2.24) is 5.32 Å². The van der Waals surface area contributed by atoms with E-state index in [0.29, 0.717) is 13.2 Å². The quantitative estimate of drug-likeness (QED) is 0.920. The highest BCUT2D eigenvalue weighted by atomic mass is 79.9. The van der Waals surface area contributed by atoms with Crippen LogP contribution in [-0.2, 0) is 9.53 Å². The molecule has 19 heavy (non-hydrogen) atoms. The third-order valence-electron chi connectivity index (χ3n) is 3.60. The van der Waals surface area contributed by atoms with E-state index in [1.165, 1.54) is 0 Å². The van der Waals surface area contributed by atoms with Crippen LogP contribution < -0.4 is 5.32 Å². The van der Waals surface area contributed by atoms with Crippen molar-refractivity contribution in [1.29, 1.82) is 0 Å². The molecule has 0 spiro atoms. The van der Waals surface area contributed by atoms with Crippen molar-refractivity contribution in [3.63, 3.8) is 0 Å². The number of hydrogen-bond donors (Lipinski definition) is 1. The van der Waals surface area contributed by atoms with Crippen molar-refractivity contribution in [2.45, 2.75) is 32.2 Å². The maximum Gasteiger partial charge on any atom is 0.223 e. The van der Waals surface area contributed by atoms with Crippen LogP contribution in [0, 0.1) is 5.92 Å². The highest BCUT2D eigenvalue weighted by Gasteiger charge is 2.24. The van der Waals surface area contributed by atoms with Crippen LogP contribution in [0.2, 0.25) is 0 Å². The molecule has 4 heteroatoms. The highest BCUT2D eigenvalue weighted by Crippen LogP contribution is 2.26. The molecule has 1 aliphatic heterocycles. The van der Waals surface area contributed by atoms with E-state index in [4.69, 9.17) is 4.74 Å². The number of nitrogens with one attached hydrogen (secondary N) is 1. The van der Waals surface area contributed by atoms with Crippen LogP contribution in [0.15, 0.2) is 28.7 Å². The SMILES string of the molecule is CC[C@@H](NC(=O)C1CCOCC1)c1ccccc1Br. The van der Waals surface area contributed by atoms with Gasteiger partial charge in [0.25, 0.3) is 0 Å². The summed E-state index contributed by atoms with van der Waals surface area (Å²) in [6.07, 6.45) is 2.55. The molecule has 1 heterocycles. The summed E-state index contributed by atoms with van der Waals surface area (Å²) in [7, 11) is 0. The number of ether oxygens (including phenoxy) is 1. The summed E-state index contributed by atoms with van der Waals surface area (Å²) in [6, 6.07) is 8.14. The maximum absolute atomic E-state index is 12.3. The molecule has 1 aliphatic rings. The number of rotatable bonds is 4. The average molecular weight is 326 g/mol. The average Bonchev–Trinajstić information content (AvgIpc) is 2.46. The van der Waals surface area contributed by atoms with Crippen molar-refractivity contribution in [3.05, 3.63) is 34.3 Å². The third kappa shape index (κ3) is 3.80. The Bertz CT molecular complexity index is 430. The summed E-state index contributed by atoms with van der Waals surface area (Å²) in [5.41, 5.74) is 1.14. The number of carbonyl (C=O) groups excluding carboxylic acids is 1. The maximum atomic E-state index is 12.3. The lowest BCUT2D eigenvalue weighted by atomic mass is 9.97. The van der Waals surface area contributed by atoms with E-state index in [2.05, 4.69) is 34.2 Å². The van der Waals surface area contributed by atoms with E-state index in [1.807, 2.05) is 18.2 Å². The summed E-state index contributed by atoms with van der Waals surface area (Å²) in [6.45, 7) is 3.49. The molecule has 1 fully saturated rings. The van der Waals surface area contributed by atoms with Gasteiger partial charge in [-0.3, -0.25) is 4.79 Å². The Morgan fingerprint density at radius 2 is 2.11 bits per heavy atom. The second-order valence-corrected chi connectivity index (χ2v) is 5.73. The molecule has 0 aromatic heterocycles.